The molecule has 0 saturated carbocycles. The van der Waals surface area contributed by atoms with E-state index in [-0.39, 0.29) is 5.91 Å². The molecular formula is C17H27N3O2. The van der Waals surface area contributed by atoms with Crippen molar-refractivity contribution in [3.05, 3.63) is 29.8 Å². The number of nitrogens with zero attached hydrogens (tertiary/aromatic N) is 1. The fourth-order valence-corrected chi connectivity index (χ4v) is 2.79. The Morgan fingerprint density at radius 1 is 1.27 bits per heavy atom. The highest BCUT2D eigenvalue weighted by Crippen LogP contribution is 2.22. The molecule has 3 N–H and O–H groups in total. The molecule has 0 bridgehead atoms. The molecule has 0 aromatic heterocycles. The van der Waals surface area contributed by atoms with Crippen LogP contribution in [0.2, 0.25) is 0 Å². The number of amides is 1. The molecule has 122 valence electrons. The summed E-state index contributed by atoms with van der Waals surface area (Å²) in [5.41, 5.74) is 3.88. The number of hydrogen-bond acceptors (Lipinski definition) is 4. The molecule has 1 fully saturated rings. The summed E-state index contributed by atoms with van der Waals surface area (Å²) in [4.78, 5) is 13.8. The number of carbonyl (C=O) groups is 1. The average molecular weight is 305 g/mol. The third kappa shape index (κ3) is 4.71. The van der Waals surface area contributed by atoms with Crippen molar-refractivity contribution in [3.63, 3.8) is 0 Å². The smallest absolute Gasteiger partial charge is 0.265 e. The Balaban J connectivity index is 1.77. The number of hydrazine groups is 1. The summed E-state index contributed by atoms with van der Waals surface area (Å²) in [6.45, 7) is 5.10. The summed E-state index contributed by atoms with van der Waals surface area (Å²) < 4.78 is 5.94. The van der Waals surface area contributed by atoms with Crippen molar-refractivity contribution in [2.24, 2.45) is 5.84 Å². The van der Waals surface area contributed by atoms with Crippen LogP contribution in [0.3, 0.4) is 0 Å². The van der Waals surface area contributed by atoms with Crippen LogP contribution >= 0.6 is 0 Å². The van der Waals surface area contributed by atoms with E-state index in [0.717, 1.165) is 38.2 Å². The predicted molar refractivity (Wildman–Crippen MR) is 88.8 cm³/mol. The quantitative estimate of drug-likeness (QED) is 0.351. The Labute approximate surface area is 132 Å². The van der Waals surface area contributed by atoms with Gasteiger partial charge in [0.05, 0.1) is 6.10 Å². The molecule has 5 nitrogen and oxygen atoms in total. The van der Waals surface area contributed by atoms with Gasteiger partial charge in [-0.05, 0) is 43.5 Å². The van der Waals surface area contributed by atoms with Gasteiger partial charge in [-0.1, -0.05) is 19.8 Å². The topological polar surface area (TPSA) is 67.6 Å². The molecule has 1 amide bonds. The number of nitrogens with one attached hydrogen (secondary N) is 1. The van der Waals surface area contributed by atoms with Crippen molar-refractivity contribution in [1.29, 1.82) is 0 Å². The van der Waals surface area contributed by atoms with Gasteiger partial charge in [0.15, 0.2) is 0 Å². The minimum absolute atomic E-state index is 0.259. The van der Waals surface area contributed by atoms with Gasteiger partial charge in [0.1, 0.15) is 0 Å². The van der Waals surface area contributed by atoms with E-state index in [0.29, 0.717) is 11.7 Å². The first-order chi connectivity index (χ1) is 10.7. The van der Waals surface area contributed by atoms with E-state index in [1.165, 1.54) is 19.3 Å². The Morgan fingerprint density at radius 2 is 1.95 bits per heavy atom. The fourth-order valence-electron chi connectivity index (χ4n) is 2.79. The maximum absolute atomic E-state index is 11.4. The lowest BCUT2D eigenvalue weighted by Gasteiger charge is -2.33. The van der Waals surface area contributed by atoms with Gasteiger partial charge in [-0.15, -0.1) is 0 Å². The number of ether oxygens (including phenoxy) is 1. The third-order valence-electron chi connectivity index (χ3n) is 4.17. The zero-order valence-electron chi connectivity index (χ0n) is 13.4. The van der Waals surface area contributed by atoms with Crippen molar-refractivity contribution in [3.8, 4) is 0 Å². The number of hydrogen-bond donors (Lipinski definition) is 2. The highest BCUT2D eigenvalue weighted by Gasteiger charge is 2.19. The molecular weight excluding hydrogens is 278 g/mol. The molecule has 5 heteroatoms. The van der Waals surface area contributed by atoms with Gasteiger partial charge < -0.3 is 9.64 Å². The number of nitrogen functional groups attached to an aromatic ring is 1. The standard InChI is InChI=1S/C17H27N3O2/c1-2-3-4-13-22-16-9-11-20(12-10-16)15-7-5-14(6-8-15)17(21)19-18/h5-8,16H,2-4,9-13,18H2,1H3,(H,19,21). The Bertz CT molecular complexity index is 453. The highest BCUT2D eigenvalue weighted by atomic mass is 16.5. The lowest BCUT2D eigenvalue weighted by Crippen LogP contribution is -2.37. The second kappa shape index (κ2) is 8.76. The van der Waals surface area contributed by atoms with Crippen LogP contribution in [-0.2, 0) is 4.74 Å². The van der Waals surface area contributed by atoms with Crippen molar-refractivity contribution >= 4 is 11.6 Å². The molecule has 1 aromatic rings. The summed E-state index contributed by atoms with van der Waals surface area (Å²) in [5.74, 6) is 4.88. The summed E-state index contributed by atoms with van der Waals surface area (Å²) in [6.07, 6.45) is 6.19. The predicted octanol–water partition coefficient (Wildman–Crippen LogP) is 2.47. The highest BCUT2D eigenvalue weighted by molar-refractivity contribution is 5.94. The number of piperidine rings is 1. The number of anilines is 1. The lowest BCUT2D eigenvalue weighted by molar-refractivity contribution is 0.0349. The van der Waals surface area contributed by atoms with Crippen molar-refractivity contribution in [2.45, 2.75) is 45.1 Å². The maximum atomic E-state index is 11.4. The second-order valence-electron chi connectivity index (χ2n) is 5.78. The van der Waals surface area contributed by atoms with E-state index in [9.17, 15) is 4.79 Å². The van der Waals surface area contributed by atoms with Gasteiger partial charge in [0.2, 0.25) is 0 Å². The first-order valence-corrected chi connectivity index (χ1v) is 8.22. The molecule has 2 rings (SSSR count). The normalized spacial score (nSPS) is 15.8. The fraction of sp³-hybridized carbons (Fsp3) is 0.588. The van der Waals surface area contributed by atoms with E-state index >= 15 is 0 Å². The molecule has 1 aromatic carbocycles. The first kappa shape index (κ1) is 16.8. The van der Waals surface area contributed by atoms with Gasteiger partial charge in [0, 0.05) is 30.9 Å². The molecule has 0 unspecified atom stereocenters. The zero-order valence-corrected chi connectivity index (χ0v) is 13.4. The summed E-state index contributed by atoms with van der Waals surface area (Å²) in [5, 5.41) is 0. The molecule has 1 aliphatic heterocycles. The van der Waals surface area contributed by atoms with E-state index < -0.39 is 0 Å². The molecule has 0 atom stereocenters. The van der Waals surface area contributed by atoms with Crippen LogP contribution in [0.4, 0.5) is 5.69 Å². The van der Waals surface area contributed by atoms with Gasteiger partial charge in [-0.3, -0.25) is 10.2 Å². The van der Waals surface area contributed by atoms with E-state index in [4.69, 9.17) is 10.6 Å². The molecule has 0 spiro atoms. The number of nitrogens with two attached hydrogens (primary N) is 1. The van der Waals surface area contributed by atoms with Crippen LogP contribution in [0.15, 0.2) is 24.3 Å². The summed E-state index contributed by atoms with van der Waals surface area (Å²) >= 11 is 0. The molecule has 0 radical (unpaired) electrons. The van der Waals surface area contributed by atoms with Crippen LogP contribution in [0.1, 0.15) is 49.4 Å². The Hall–Kier alpha value is -1.59. The lowest BCUT2D eigenvalue weighted by atomic mass is 10.1. The van der Waals surface area contributed by atoms with Crippen molar-refractivity contribution < 1.29 is 9.53 Å². The van der Waals surface area contributed by atoms with Crippen molar-refractivity contribution in [2.75, 3.05) is 24.6 Å². The Morgan fingerprint density at radius 3 is 2.55 bits per heavy atom. The maximum Gasteiger partial charge on any atom is 0.265 e. The molecule has 1 aliphatic rings. The molecule has 1 heterocycles. The average Bonchev–Trinajstić information content (AvgIpc) is 2.59. The number of carbonyl (C=O) groups excluding carboxylic acids is 1. The van der Waals surface area contributed by atoms with Gasteiger partial charge in [0.25, 0.3) is 5.91 Å². The van der Waals surface area contributed by atoms with E-state index in [1.54, 1.807) is 0 Å². The zero-order chi connectivity index (χ0) is 15.8. The number of rotatable bonds is 7. The SMILES string of the molecule is CCCCCOC1CCN(c2ccc(C(=O)NN)cc2)CC1. The molecule has 1 saturated heterocycles. The van der Waals surface area contributed by atoms with Crippen LogP contribution in [0, 0.1) is 0 Å². The Kier molecular flexibility index (Phi) is 6.68. The minimum Gasteiger partial charge on any atom is -0.378 e. The monoisotopic (exact) mass is 305 g/mol. The molecule has 22 heavy (non-hydrogen) atoms. The van der Waals surface area contributed by atoms with Crippen LogP contribution < -0.4 is 16.2 Å². The molecule has 0 aliphatic carbocycles. The number of benzene rings is 1. The van der Waals surface area contributed by atoms with Crippen LogP contribution in [-0.4, -0.2) is 31.7 Å². The minimum atomic E-state index is -0.259. The third-order valence-corrected chi connectivity index (χ3v) is 4.17. The van der Waals surface area contributed by atoms with E-state index in [1.807, 2.05) is 24.3 Å². The van der Waals surface area contributed by atoms with E-state index in [2.05, 4.69) is 17.2 Å². The van der Waals surface area contributed by atoms with Crippen LogP contribution in [0.5, 0.6) is 0 Å². The second-order valence-corrected chi connectivity index (χ2v) is 5.78. The summed E-state index contributed by atoms with van der Waals surface area (Å²) in [7, 11) is 0. The van der Waals surface area contributed by atoms with Crippen molar-refractivity contribution in [1.82, 2.24) is 5.43 Å². The first-order valence-electron chi connectivity index (χ1n) is 8.22. The van der Waals surface area contributed by atoms with Crippen LogP contribution in [0.25, 0.3) is 0 Å². The van der Waals surface area contributed by atoms with Gasteiger partial charge in [-0.25, -0.2) is 5.84 Å². The van der Waals surface area contributed by atoms with Gasteiger partial charge >= 0.3 is 0 Å². The number of unbranched alkanes of at least 4 members (excludes halogenated alkanes) is 2. The largest absolute Gasteiger partial charge is 0.378 e. The summed E-state index contributed by atoms with van der Waals surface area (Å²) in [6, 6.07) is 7.58. The van der Waals surface area contributed by atoms with Gasteiger partial charge in [-0.2, -0.15) is 0 Å².